The first kappa shape index (κ1) is 13.8. The Labute approximate surface area is 135 Å². The first-order chi connectivity index (χ1) is 11.1. The molecule has 3 aromatic heterocycles. The zero-order valence-electron chi connectivity index (χ0n) is 12.0. The number of H-pyrrole nitrogens is 1. The Balaban J connectivity index is 1.99. The fourth-order valence-corrected chi connectivity index (χ4v) is 3.04. The van der Waals surface area contributed by atoms with Crippen LogP contribution in [0.3, 0.4) is 0 Å². The SMILES string of the molecule is Cc1nc(-c2ccc(C(=O)O)c(Cl)c2)c2cnc3[nH]ccc3n12. The van der Waals surface area contributed by atoms with Crippen LogP contribution in [0.15, 0.2) is 36.7 Å². The highest BCUT2D eigenvalue weighted by Gasteiger charge is 2.16. The second-order valence-corrected chi connectivity index (χ2v) is 5.60. The summed E-state index contributed by atoms with van der Waals surface area (Å²) < 4.78 is 2.01. The van der Waals surface area contributed by atoms with Gasteiger partial charge in [0, 0.05) is 11.8 Å². The van der Waals surface area contributed by atoms with E-state index in [2.05, 4.69) is 15.0 Å². The zero-order chi connectivity index (χ0) is 16.1. The second-order valence-electron chi connectivity index (χ2n) is 5.20. The van der Waals surface area contributed by atoms with Gasteiger partial charge in [0.25, 0.3) is 0 Å². The highest BCUT2D eigenvalue weighted by atomic mass is 35.5. The number of nitrogens with one attached hydrogen (secondary N) is 1. The summed E-state index contributed by atoms with van der Waals surface area (Å²) in [4.78, 5) is 23.2. The van der Waals surface area contributed by atoms with Crippen LogP contribution < -0.4 is 0 Å². The molecule has 4 rings (SSSR count). The summed E-state index contributed by atoms with van der Waals surface area (Å²) in [7, 11) is 0. The average Bonchev–Trinajstić information content (AvgIpc) is 3.10. The van der Waals surface area contributed by atoms with Gasteiger partial charge in [-0.2, -0.15) is 0 Å². The fraction of sp³-hybridized carbons (Fsp3) is 0.0625. The predicted molar refractivity (Wildman–Crippen MR) is 87.0 cm³/mol. The number of carbonyl (C=O) groups is 1. The van der Waals surface area contributed by atoms with E-state index in [1.807, 2.05) is 23.6 Å². The Morgan fingerprint density at radius 2 is 2.13 bits per heavy atom. The first-order valence-electron chi connectivity index (χ1n) is 6.90. The lowest BCUT2D eigenvalue weighted by Crippen LogP contribution is -1.97. The van der Waals surface area contributed by atoms with Crippen molar-refractivity contribution in [1.29, 1.82) is 0 Å². The van der Waals surface area contributed by atoms with Crippen molar-refractivity contribution in [3.8, 4) is 11.3 Å². The molecule has 3 heterocycles. The number of hydrogen-bond acceptors (Lipinski definition) is 3. The van der Waals surface area contributed by atoms with Gasteiger partial charge in [0.15, 0.2) is 5.65 Å². The molecule has 7 heteroatoms. The lowest BCUT2D eigenvalue weighted by Gasteiger charge is -2.03. The van der Waals surface area contributed by atoms with Gasteiger partial charge in [-0.3, -0.25) is 4.40 Å². The summed E-state index contributed by atoms with van der Waals surface area (Å²) in [6, 6.07) is 6.75. The minimum atomic E-state index is -1.05. The molecule has 0 amide bonds. The van der Waals surface area contributed by atoms with Gasteiger partial charge in [-0.1, -0.05) is 17.7 Å². The number of aromatic carboxylic acids is 1. The molecular weight excluding hydrogens is 316 g/mol. The van der Waals surface area contributed by atoms with Crippen molar-refractivity contribution in [2.45, 2.75) is 6.92 Å². The van der Waals surface area contributed by atoms with Crippen LogP contribution in [-0.4, -0.2) is 30.4 Å². The largest absolute Gasteiger partial charge is 0.478 e. The van der Waals surface area contributed by atoms with E-state index in [-0.39, 0.29) is 10.6 Å². The first-order valence-corrected chi connectivity index (χ1v) is 7.28. The summed E-state index contributed by atoms with van der Waals surface area (Å²) in [6.07, 6.45) is 3.57. The van der Waals surface area contributed by atoms with E-state index in [9.17, 15) is 4.79 Å². The molecule has 0 saturated carbocycles. The van der Waals surface area contributed by atoms with Crippen LogP contribution >= 0.6 is 11.6 Å². The molecule has 4 aromatic rings. The topological polar surface area (TPSA) is 83.3 Å². The Morgan fingerprint density at radius 1 is 1.30 bits per heavy atom. The molecule has 23 heavy (non-hydrogen) atoms. The van der Waals surface area contributed by atoms with Crippen molar-refractivity contribution in [3.05, 3.63) is 53.1 Å². The van der Waals surface area contributed by atoms with Crippen LogP contribution in [0.25, 0.3) is 27.9 Å². The van der Waals surface area contributed by atoms with Gasteiger partial charge in [0.1, 0.15) is 5.82 Å². The molecule has 0 saturated heterocycles. The third-order valence-corrected chi connectivity index (χ3v) is 4.13. The van der Waals surface area contributed by atoms with Crippen LogP contribution in [0, 0.1) is 6.92 Å². The van der Waals surface area contributed by atoms with E-state index < -0.39 is 5.97 Å². The van der Waals surface area contributed by atoms with Crippen LogP contribution in [0.4, 0.5) is 0 Å². The summed E-state index contributed by atoms with van der Waals surface area (Å²) in [5.74, 6) is -0.233. The molecule has 114 valence electrons. The zero-order valence-corrected chi connectivity index (χ0v) is 12.8. The van der Waals surface area contributed by atoms with Crippen molar-refractivity contribution in [3.63, 3.8) is 0 Å². The molecule has 0 aliphatic heterocycles. The number of aryl methyl sites for hydroxylation is 1. The number of carboxylic acid groups (broad SMARTS) is 1. The van der Waals surface area contributed by atoms with E-state index >= 15 is 0 Å². The minimum absolute atomic E-state index is 0.0711. The quantitative estimate of drug-likeness (QED) is 0.590. The van der Waals surface area contributed by atoms with Gasteiger partial charge in [0.05, 0.1) is 33.5 Å². The molecule has 1 aromatic carbocycles. The van der Waals surface area contributed by atoms with Crippen LogP contribution in [0.2, 0.25) is 5.02 Å². The molecule has 2 N–H and O–H groups in total. The molecule has 0 atom stereocenters. The van der Waals surface area contributed by atoms with Crippen molar-refractivity contribution in [1.82, 2.24) is 19.4 Å². The third kappa shape index (κ3) is 1.99. The van der Waals surface area contributed by atoms with E-state index in [1.54, 1.807) is 18.3 Å². The molecule has 0 radical (unpaired) electrons. The molecular formula is C16H11ClN4O2. The number of nitrogens with zero attached hydrogens (tertiary/aromatic N) is 3. The van der Waals surface area contributed by atoms with Gasteiger partial charge < -0.3 is 10.1 Å². The van der Waals surface area contributed by atoms with E-state index in [1.165, 1.54) is 6.07 Å². The number of fused-ring (bicyclic) bond motifs is 3. The van der Waals surface area contributed by atoms with Crippen molar-refractivity contribution < 1.29 is 9.90 Å². The summed E-state index contributed by atoms with van der Waals surface area (Å²) in [6.45, 7) is 1.91. The van der Waals surface area contributed by atoms with Gasteiger partial charge in [-0.25, -0.2) is 14.8 Å². The highest BCUT2D eigenvalue weighted by Crippen LogP contribution is 2.30. The van der Waals surface area contributed by atoms with Crippen LogP contribution in [-0.2, 0) is 0 Å². The van der Waals surface area contributed by atoms with Crippen molar-refractivity contribution >= 4 is 34.3 Å². The van der Waals surface area contributed by atoms with E-state index in [0.29, 0.717) is 0 Å². The fourth-order valence-electron chi connectivity index (χ4n) is 2.78. The number of aromatic amines is 1. The number of rotatable bonds is 2. The monoisotopic (exact) mass is 326 g/mol. The van der Waals surface area contributed by atoms with Crippen LogP contribution in [0.5, 0.6) is 0 Å². The molecule has 0 unspecified atom stereocenters. The molecule has 6 nitrogen and oxygen atoms in total. The normalized spacial score (nSPS) is 11.4. The average molecular weight is 327 g/mol. The summed E-state index contributed by atoms with van der Waals surface area (Å²) in [5, 5.41) is 9.26. The molecule has 0 bridgehead atoms. The number of hydrogen-bond donors (Lipinski definition) is 2. The summed E-state index contributed by atoms with van der Waals surface area (Å²) >= 11 is 6.07. The maximum Gasteiger partial charge on any atom is 0.337 e. The van der Waals surface area contributed by atoms with Crippen LogP contribution in [0.1, 0.15) is 16.2 Å². The van der Waals surface area contributed by atoms with Crippen molar-refractivity contribution in [2.24, 2.45) is 0 Å². The third-order valence-electron chi connectivity index (χ3n) is 3.81. The van der Waals surface area contributed by atoms with Gasteiger partial charge >= 0.3 is 5.97 Å². The molecule has 0 aliphatic rings. The smallest absolute Gasteiger partial charge is 0.337 e. The standard InChI is InChI=1S/C16H11ClN4O2/c1-8-20-14(9-2-3-10(16(22)23)11(17)6-9)13-7-19-15-12(21(8)13)4-5-18-15/h2-7,18H,1H3,(H,22,23). The van der Waals surface area contributed by atoms with Crippen molar-refractivity contribution in [2.75, 3.05) is 0 Å². The minimum Gasteiger partial charge on any atom is -0.478 e. The number of benzene rings is 1. The number of aromatic nitrogens is 4. The lowest BCUT2D eigenvalue weighted by atomic mass is 10.1. The number of imidazole rings is 1. The Bertz CT molecular complexity index is 1080. The Hall–Kier alpha value is -2.86. The Morgan fingerprint density at radius 3 is 2.87 bits per heavy atom. The number of halogens is 1. The number of carboxylic acids is 1. The summed E-state index contributed by atoms with van der Waals surface area (Å²) in [5.41, 5.74) is 4.10. The van der Waals surface area contributed by atoms with Gasteiger partial charge in [-0.05, 0) is 25.1 Å². The van der Waals surface area contributed by atoms with E-state index in [0.717, 1.165) is 33.8 Å². The van der Waals surface area contributed by atoms with Gasteiger partial charge in [-0.15, -0.1) is 0 Å². The second kappa shape index (κ2) is 4.82. The van der Waals surface area contributed by atoms with Gasteiger partial charge in [0.2, 0.25) is 0 Å². The molecule has 0 spiro atoms. The lowest BCUT2D eigenvalue weighted by molar-refractivity contribution is 0.0697. The molecule has 0 fully saturated rings. The maximum absolute atomic E-state index is 11.1. The predicted octanol–water partition coefficient (Wildman–Crippen LogP) is 3.54. The maximum atomic E-state index is 11.1. The Kier molecular flexibility index (Phi) is 2.89. The van der Waals surface area contributed by atoms with E-state index in [4.69, 9.17) is 16.7 Å². The molecule has 0 aliphatic carbocycles. The highest BCUT2D eigenvalue weighted by molar-refractivity contribution is 6.33.